The number of carbonyl (C=O) groups excluding carboxylic acids is 1. The Bertz CT molecular complexity index is 589. The third-order valence-corrected chi connectivity index (χ3v) is 2.94. The van der Waals surface area contributed by atoms with Crippen LogP contribution in [-0.2, 0) is 22.6 Å². The van der Waals surface area contributed by atoms with Crippen molar-refractivity contribution in [3.8, 4) is 0 Å². The molecular formula is C12H12N2O3. The van der Waals surface area contributed by atoms with Gasteiger partial charge in [0.2, 0.25) is 0 Å². The highest BCUT2D eigenvalue weighted by molar-refractivity contribution is 5.93. The number of aromatic nitrogens is 2. The van der Waals surface area contributed by atoms with Crippen molar-refractivity contribution in [3.05, 3.63) is 29.6 Å². The second kappa shape index (κ2) is 3.85. The monoisotopic (exact) mass is 232 g/mol. The molecular weight excluding hydrogens is 220 g/mol. The van der Waals surface area contributed by atoms with Crippen molar-refractivity contribution in [1.29, 1.82) is 0 Å². The van der Waals surface area contributed by atoms with Gasteiger partial charge >= 0.3 is 5.97 Å². The summed E-state index contributed by atoms with van der Waals surface area (Å²) in [6, 6.07) is 5.43. The Hall–Kier alpha value is -1.88. The van der Waals surface area contributed by atoms with Crippen molar-refractivity contribution in [1.82, 2.24) is 9.55 Å². The molecule has 0 amide bonds. The van der Waals surface area contributed by atoms with E-state index < -0.39 is 0 Å². The molecule has 1 aliphatic rings. The highest BCUT2D eigenvalue weighted by Crippen LogP contribution is 2.21. The Balaban J connectivity index is 2.14. The van der Waals surface area contributed by atoms with E-state index in [0.717, 1.165) is 23.4 Å². The van der Waals surface area contributed by atoms with Gasteiger partial charge in [0.25, 0.3) is 0 Å². The van der Waals surface area contributed by atoms with E-state index >= 15 is 0 Å². The molecule has 0 radical (unpaired) electrons. The third-order valence-electron chi connectivity index (χ3n) is 2.94. The maximum atomic E-state index is 11.4. The average molecular weight is 232 g/mol. The quantitative estimate of drug-likeness (QED) is 0.696. The second-order valence-electron chi connectivity index (χ2n) is 3.93. The first-order valence-corrected chi connectivity index (χ1v) is 5.45. The van der Waals surface area contributed by atoms with Crippen molar-refractivity contribution < 1.29 is 14.3 Å². The van der Waals surface area contributed by atoms with Crippen LogP contribution in [0.15, 0.2) is 18.2 Å². The second-order valence-corrected chi connectivity index (χ2v) is 3.93. The molecule has 0 atom stereocenters. The van der Waals surface area contributed by atoms with Crippen LogP contribution in [0.5, 0.6) is 0 Å². The Morgan fingerprint density at radius 3 is 3.24 bits per heavy atom. The Morgan fingerprint density at radius 2 is 2.41 bits per heavy atom. The number of esters is 1. The summed E-state index contributed by atoms with van der Waals surface area (Å²) in [7, 11) is 1.37. The number of benzene rings is 1. The molecule has 0 aliphatic carbocycles. The zero-order chi connectivity index (χ0) is 11.8. The fourth-order valence-electron chi connectivity index (χ4n) is 2.10. The van der Waals surface area contributed by atoms with Gasteiger partial charge in [-0.15, -0.1) is 0 Å². The van der Waals surface area contributed by atoms with Crippen LogP contribution in [0.4, 0.5) is 0 Å². The highest BCUT2D eigenvalue weighted by Gasteiger charge is 2.16. The lowest BCUT2D eigenvalue weighted by molar-refractivity contribution is 0.0601. The lowest BCUT2D eigenvalue weighted by atomic mass is 10.2. The van der Waals surface area contributed by atoms with Crippen molar-refractivity contribution in [2.45, 2.75) is 13.2 Å². The topological polar surface area (TPSA) is 53.3 Å². The van der Waals surface area contributed by atoms with Gasteiger partial charge in [-0.2, -0.15) is 0 Å². The highest BCUT2D eigenvalue weighted by atomic mass is 16.5. The van der Waals surface area contributed by atoms with E-state index in [1.54, 1.807) is 12.1 Å². The minimum Gasteiger partial charge on any atom is -0.465 e. The zero-order valence-electron chi connectivity index (χ0n) is 9.47. The molecule has 1 aromatic heterocycles. The maximum Gasteiger partial charge on any atom is 0.337 e. The van der Waals surface area contributed by atoms with Gasteiger partial charge in [0, 0.05) is 6.54 Å². The van der Waals surface area contributed by atoms with Gasteiger partial charge in [-0.05, 0) is 18.2 Å². The summed E-state index contributed by atoms with van der Waals surface area (Å²) in [5.41, 5.74) is 2.38. The SMILES string of the molecule is COC(=O)c1ccc2c(c1)nc1n2CCOC1. The van der Waals surface area contributed by atoms with Gasteiger partial charge in [-0.25, -0.2) is 9.78 Å². The molecule has 17 heavy (non-hydrogen) atoms. The first-order chi connectivity index (χ1) is 8.29. The predicted molar refractivity (Wildman–Crippen MR) is 60.7 cm³/mol. The number of fused-ring (bicyclic) bond motifs is 3. The van der Waals surface area contributed by atoms with Gasteiger partial charge in [0.1, 0.15) is 12.4 Å². The van der Waals surface area contributed by atoms with E-state index in [4.69, 9.17) is 4.74 Å². The summed E-state index contributed by atoms with van der Waals surface area (Å²) in [4.78, 5) is 15.9. The molecule has 5 nitrogen and oxygen atoms in total. The van der Waals surface area contributed by atoms with Crippen LogP contribution in [-0.4, -0.2) is 29.2 Å². The number of nitrogens with zero attached hydrogens (tertiary/aromatic N) is 2. The molecule has 1 aromatic carbocycles. The Morgan fingerprint density at radius 1 is 1.53 bits per heavy atom. The van der Waals surface area contributed by atoms with E-state index in [-0.39, 0.29) is 5.97 Å². The number of imidazole rings is 1. The van der Waals surface area contributed by atoms with Crippen molar-refractivity contribution >= 4 is 17.0 Å². The van der Waals surface area contributed by atoms with Gasteiger partial charge in [-0.3, -0.25) is 0 Å². The number of hydrogen-bond acceptors (Lipinski definition) is 4. The number of methoxy groups -OCH3 is 1. The van der Waals surface area contributed by atoms with Gasteiger partial charge in [0.15, 0.2) is 0 Å². The largest absolute Gasteiger partial charge is 0.465 e. The lowest BCUT2D eigenvalue weighted by Gasteiger charge is -2.14. The van der Waals surface area contributed by atoms with Gasteiger partial charge in [-0.1, -0.05) is 0 Å². The van der Waals surface area contributed by atoms with Gasteiger partial charge < -0.3 is 14.0 Å². The Kier molecular flexibility index (Phi) is 2.33. The van der Waals surface area contributed by atoms with Crippen molar-refractivity contribution in [2.24, 2.45) is 0 Å². The molecule has 0 spiro atoms. The summed E-state index contributed by atoms with van der Waals surface area (Å²) in [5, 5.41) is 0. The van der Waals surface area contributed by atoms with E-state index in [0.29, 0.717) is 18.8 Å². The molecule has 0 fully saturated rings. The normalized spacial score (nSPS) is 14.6. The Labute approximate surface area is 98.0 Å². The van der Waals surface area contributed by atoms with Crippen molar-refractivity contribution in [3.63, 3.8) is 0 Å². The zero-order valence-corrected chi connectivity index (χ0v) is 9.47. The summed E-state index contributed by atoms with van der Waals surface area (Å²) in [6.07, 6.45) is 0. The molecule has 2 heterocycles. The number of carbonyl (C=O) groups is 1. The molecule has 0 unspecified atom stereocenters. The fourth-order valence-corrected chi connectivity index (χ4v) is 2.10. The first kappa shape index (κ1) is 10.3. The molecule has 3 rings (SSSR count). The molecule has 2 aromatic rings. The molecule has 88 valence electrons. The molecule has 0 bridgehead atoms. The van der Waals surface area contributed by atoms with E-state index in [1.165, 1.54) is 7.11 Å². The van der Waals surface area contributed by atoms with Crippen LogP contribution in [0.25, 0.3) is 11.0 Å². The lowest BCUT2D eigenvalue weighted by Crippen LogP contribution is -2.16. The molecule has 1 aliphatic heterocycles. The van der Waals surface area contributed by atoms with E-state index in [1.807, 2.05) is 6.07 Å². The predicted octanol–water partition coefficient (Wildman–Crippen LogP) is 1.35. The number of rotatable bonds is 1. The van der Waals surface area contributed by atoms with Crippen LogP contribution < -0.4 is 0 Å². The summed E-state index contributed by atoms with van der Waals surface area (Å²) in [5.74, 6) is 0.572. The summed E-state index contributed by atoms with van der Waals surface area (Å²) < 4.78 is 12.2. The minimum absolute atomic E-state index is 0.339. The van der Waals surface area contributed by atoms with Gasteiger partial charge in [0.05, 0.1) is 30.3 Å². The summed E-state index contributed by atoms with van der Waals surface area (Å²) >= 11 is 0. The van der Waals surface area contributed by atoms with E-state index in [2.05, 4.69) is 14.3 Å². The number of ether oxygens (including phenoxy) is 2. The van der Waals surface area contributed by atoms with Crippen LogP contribution in [0.2, 0.25) is 0 Å². The van der Waals surface area contributed by atoms with Crippen LogP contribution in [0.3, 0.4) is 0 Å². The molecule has 5 heteroatoms. The third kappa shape index (κ3) is 1.59. The minimum atomic E-state index is -0.339. The van der Waals surface area contributed by atoms with Crippen LogP contribution in [0.1, 0.15) is 16.2 Å². The standard InChI is InChI=1S/C12H12N2O3/c1-16-12(15)8-2-3-10-9(6-8)13-11-7-17-5-4-14(10)11/h2-3,6H,4-5,7H2,1H3. The van der Waals surface area contributed by atoms with Crippen LogP contribution in [0, 0.1) is 0 Å². The first-order valence-electron chi connectivity index (χ1n) is 5.45. The molecule has 0 N–H and O–H groups in total. The van der Waals surface area contributed by atoms with Crippen LogP contribution >= 0.6 is 0 Å². The fraction of sp³-hybridized carbons (Fsp3) is 0.333. The smallest absolute Gasteiger partial charge is 0.337 e. The average Bonchev–Trinajstić information content (AvgIpc) is 2.75. The molecule has 0 saturated heterocycles. The summed E-state index contributed by atoms with van der Waals surface area (Å²) in [6.45, 7) is 2.04. The molecule has 0 saturated carbocycles. The number of hydrogen-bond donors (Lipinski definition) is 0. The van der Waals surface area contributed by atoms with E-state index in [9.17, 15) is 4.79 Å². The van der Waals surface area contributed by atoms with Crippen molar-refractivity contribution in [2.75, 3.05) is 13.7 Å². The maximum absolute atomic E-state index is 11.4.